The van der Waals surface area contributed by atoms with Gasteiger partial charge in [-0.1, -0.05) is 288 Å². The second kappa shape index (κ2) is 58.6. The predicted octanol–water partition coefficient (Wildman–Crippen LogP) is 19.2. The molecule has 0 aliphatic rings. The minimum atomic E-state index is -0.852. The van der Waals surface area contributed by atoms with Crippen molar-refractivity contribution < 1.29 is 24.5 Å². The molecule has 0 aromatic carbocycles. The molecule has 0 saturated carbocycles. The van der Waals surface area contributed by atoms with Crippen LogP contribution in [0.1, 0.15) is 328 Å². The normalized spacial score (nSPS) is 12.8. The fraction of sp³-hybridized carbons (Fsp3) is 0.873. The summed E-state index contributed by atoms with van der Waals surface area (Å²) >= 11 is 0. The van der Waals surface area contributed by atoms with Gasteiger partial charge >= 0.3 is 5.97 Å². The average molecular weight is 971 g/mol. The molecule has 0 rings (SSSR count). The van der Waals surface area contributed by atoms with E-state index < -0.39 is 12.1 Å². The number of carbonyl (C=O) groups is 2. The number of rotatable bonds is 57. The highest BCUT2D eigenvalue weighted by atomic mass is 16.5. The van der Waals surface area contributed by atoms with Crippen LogP contribution in [0, 0.1) is 0 Å². The lowest BCUT2D eigenvalue weighted by Gasteiger charge is -2.20. The van der Waals surface area contributed by atoms with Crippen molar-refractivity contribution in [3.63, 3.8) is 0 Å². The molecule has 2 unspecified atom stereocenters. The van der Waals surface area contributed by atoms with Gasteiger partial charge in [0.1, 0.15) is 0 Å². The van der Waals surface area contributed by atoms with Gasteiger partial charge in [-0.3, -0.25) is 9.59 Å². The summed E-state index contributed by atoms with van der Waals surface area (Å²) in [4.78, 5) is 24.5. The molecule has 0 aliphatic heterocycles. The third-order valence-corrected chi connectivity index (χ3v) is 14.2. The van der Waals surface area contributed by atoms with E-state index in [9.17, 15) is 19.8 Å². The Kier molecular flexibility index (Phi) is 57.0. The zero-order valence-corrected chi connectivity index (χ0v) is 46.3. The summed E-state index contributed by atoms with van der Waals surface area (Å²) in [6.45, 7) is 4.88. The van der Waals surface area contributed by atoms with Crippen LogP contribution in [-0.4, -0.2) is 47.4 Å². The van der Waals surface area contributed by atoms with Gasteiger partial charge in [0.05, 0.1) is 25.4 Å². The summed E-state index contributed by atoms with van der Waals surface area (Å²) in [6, 6.07) is -0.636. The fourth-order valence-corrected chi connectivity index (χ4v) is 9.45. The molecule has 0 saturated heterocycles. The van der Waals surface area contributed by atoms with Gasteiger partial charge in [0.25, 0.3) is 0 Å². The molecule has 406 valence electrons. The van der Waals surface area contributed by atoms with E-state index in [1.165, 1.54) is 225 Å². The molecule has 0 aliphatic carbocycles. The Labute approximate surface area is 430 Å². The molecule has 0 aromatic heterocycles. The molecule has 0 radical (unpaired) electrons. The molecule has 0 fully saturated rings. The molecular weight excluding hydrogens is 851 g/mol. The average Bonchev–Trinajstić information content (AvgIpc) is 3.35. The van der Waals surface area contributed by atoms with E-state index in [0.717, 1.165) is 77.0 Å². The van der Waals surface area contributed by atoms with Gasteiger partial charge in [-0.2, -0.15) is 0 Å². The quantitative estimate of drug-likeness (QED) is 0.0244. The molecule has 6 heteroatoms. The molecule has 1 amide bonds. The predicted molar refractivity (Wildman–Crippen MR) is 301 cm³/mol. The molecule has 0 bridgehead atoms. The number of amides is 1. The van der Waals surface area contributed by atoms with E-state index in [1.807, 2.05) is 6.08 Å². The molecule has 3 N–H and O–H groups in total. The summed E-state index contributed by atoms with van der Waals surface area (Å²) in [5.41, 5.74) is 0. The Bertz CT molecular complexity index is 1120. The van der Waals surface area contributed by atoms with Crippen LogP contribution in [0.2, 0.25) is 0 Å². The van der Waals surface area contributed by atoms with Gasteiger partial charge in [-0.05, 0) is 64.2 Å². The smallest absolute Gasteiger partial charge is 0.305 e. The largest absolute Gasteiger partial charge is 0.466 e. The zero-order chi connectivity index (χ0) is 50.0. The highest BCUT2D eigenvalue weighted by Gasteiger charge is 2.18. The topological polar surface area (TPSA) is 95.9 Å². The van der Waals surface area contributed by atoms with Crippen molar-refractivity contribution in [1.29, 1.82) is 0 Å². The Morgan fingerprint density at radius 1 is 0.406 bits per heavy atom. The number of hydrogen-bond acceptors (Lipinski definition) is 5. The van der Waals surface area contributed by atoms with Crippen LogP contribution in [0.15, 0.2) is 36.5 Å². The molecule has 0 heterocycles. The Morgan fingerprint density at radius 3 is 1.07 bits per heavy atom. The van der Waals surface area contributed by atoms with Crippen molar-refractivity contribution in [2.45, 2.75) is 341 Å². The van der Waals surface area contributed by atoms with Crippen molar-refractivity contribution in [3.05, 3.63) is 36.5 Å². The maximum Gasteiger partial charge on any atom is 0.305 e. The van der Waals surface area contributed by atoms with Gasteiger partial charge in [0.2, 0.25) is 5.91 Å². The summed E-state index contributed by atoms with van der Waals surface area (Å²) in [7, 11) is 0. The first-order valence-electron chi connectivity index (χ1n) is 30.8. The fourth-order valence-electron chi connectivity index (χ4n) is 9.45. The zero-order valence-electron chi connectivity index (χ0n) is 46.3. The first-order chi connectivity index (χ1) is 34.0. The highest BCUT2D eigenvalue weighted by Crippen LogP contribution is 2.17. The number of ether oxygens (including phenoxy) is 1. The monoisotopic (exact) mass is 970 g/mol. The molecule has 0 spiro atoms. The van der Waals surface area contributed by atoms with Crippen LogP contribution < -0.4 is 5.32 Å². The number of esters is 1. The van der Waals surface area contributed by atoms with E-state index in [4.69, 9.17) is 4.74 Å². The van der Waals surface area contributed by atoms with Crippen molar-refractivity contribution in [1.82, 2.24) is 5.32 Å². The van der Waals surface area contributed by atoms with Crippen molar-refractivity contribution in [2.75, 3.05) is 13.2 Å². The van der Waals surface area contributed by atoms with Gasteiger partial charge in [0, 0.05) is 12.8 Å². The third kappa shape index (κ3) is 55.2. The molecule has 0 aromatic rings. The van der Waals surface area contributed by atoms with Crippen LogP contribution >= 0.6 is 0 Å². The minimum absolute atomic E-state index is 0.0111. The van der Waals surface area contributed by atoms with E-state index in [-0.39, 0.29) is 18.5 Å². The van der Waals surface area contributed by atoms with Gasteiger partial charge in [-0.15, -0.1) is 0 Å². The molecular formula is C63H119NO5. The first-order valence-corrected chi connectivity index (χ1v) is 30.8. The maximum absolute atomic E-state index is 12.5. The van der Waals surface area contributed by atoms with Crippen molar-refractivity contribution in [3.8, 4) is 0 Å². The number of aliphatic hydroxyl groups is 2. The number of carbonyl (C=O) groups excluding carboxylic acids is 2. The summed E-state index contributed by atoms with van der Waals surface area (Å²) in [5.74, 6) is -0.0870. The number of aliphatic hydroxyl groups excluding tert-OH is 2. The highest BCUT2D eigenvalue weighted by molar-refractivity contribution is 5.76. The third-order valence-electron chi connectivity index (χ3n) is 14.2. The van der Waals surface area contributed by atoms with Crippen LogP contribution in [-0.2, 0) is 14.3 Å². The second-order valence-electron chi connectivity index (χ2n) is 21.1. The Hall–Kier alpha value is -1.92. The summed E-state index contributed by atoms with van der Waals surface area (Å²) in [6.07, 6.45) is 73.2. The SMILES string of the molecule is CCCCCCCCCCCCCCCCCC/C=C/C(O)C(CO)NC(=O)CCCCCCCCCCCC/C=C\C=C/CCCCCOC(=O)CCCCCCCCCCCCCCCCC. The molecule has 6 nitrogen and oxygen atoms in total. The Balaban J connectivity index is 3.50. The molecule has 69 heavy (non-hydrogen) atoms. The Morgan fingerprint density at radius 2 is 0.710 bits per heavy atom. The van der Waals surface area contributed by atoms with Gasteiger partial charge in [-0.25, -0.2) is 0 Å². The van der Waals surface area contributed by atoms with E-state index in [1.54, 1.807) is 6.08 Å². The maximum atomic E-state index is 12.5. The van der Waals surface area contributed by atoms with Gasteiger partial charge in [0.15, 0.2) is 0 Å². The van der Waals surface area contributed by atoms with Gasteiger partial charge < -0.3 is 20.3 Å². The second-order valence-corrected chi connectivity index (χ2v) is 21.1. The lowest BCUT2D eigenvalue weighted by molar-refractivity contribution is -0.143. The standard InChI is InChI=1S/C63H119NO5/c1-3-5-7-9-11-13-15-17-19-20-24-28-31-35-39-43-47-51-55-61(66)60(59-65)64-62(67)56-52-48-44-40-36-32-29-25-22-21-23-26-30-34-38-42-46-50-54-58-69-63(68)57-53-49-45-41-37-33-27-18-16-14-12-10-8-6-4-2/h26,30,34,38,51,55,60-61,65-66H,3-25,27-29,31-33,35-37,39-50,52-54,56-59H2,1-2H3,(H,64,67)/b30-26-,38-34-,55-51+. The number of nitrogens with one attached hydrogen (secondary N) is 1. The lowest BCUT2D eigenvalue weighted by atomic mass is 10.0. The number of unbranched alkanes of at least 4 members (excludes halogenated alkanes) is 43. The van der Waals surface area contributed by atoms with Crippen LogP contribution in [0.25, 0.3) is 0 Å². The summed E-state index contributed by atoms with van der Waals surface area (Å²) < 4.78 is 5.46. The number of allylic oxidation sites excluding steroid dienone is 5. The lowest BCUT2D eigenvalue weighted by Crippen LogP contribution is -2.45. The van der Waals surface area contributed by atoms with E-state index >= 15 is 0 Å². The summed E-state index contributed by atoms with van der Waals surface area (Å²) in [5, 5.41) is 23.2. The number of hydrogen-bond donors (Lipinski definition) is 3. The minimum Gasteiger partial charge on any atom is -0.466 e. The van der Waals surface area contributed by atoms with Crippen LogP contribution in [0.4, 0.5) is 0 Å². The van der Waals surface area contributed by atoms with E-state index in [2.05, 4.69) is 43.5 Å². The first kappa shape index (κ1) is 67.1. The van der Waals surface area contributed by atoms with Crippen molar-refractivity contribution in [2.24, 2.45) is 0 Å². The van der Waals surface area contributed by atoms with E-state index in [0.29, 0.717) is 19.4 Å². The van der Waals surface area contributed by atoms with Crippen LogP contribution in [0.3, 0.4) is 0 Å². The van der Waals surface area contributed by atoms with Crippen LogP contribution in [0.5, 0.6) is 0 Å². The van der Waals surface area contributed by atoms with Crippen molar-refractivity contribution >= 4 is 11.9 Å². The molecule has 2 atom stereocenters.